The zero-order valence-corrected chi connectivity index (χ0v) is 10.6. The Labute approximate surface area is 111 Å². The molecule has 0 aliphatic carbocycles. The van der Waals surface area contributed by atoms with E-state index in [0.717, 1.165) is 0 Å². The molecule has 0 saturated heterocycles. The van der Waals surface area contributed by atoms with Crippen molar-refractivity contribution in [2.24, 2.45) is 0 Å². The first kappa shape index (κ1) is 12.4. The van der Waals surface area contributed by atoms with Gasteiger partial charge in [0, 0.05) is 10.2 Å². The molecule has 6 heteroatoms. The van der Waals surface area contributed by atoms with Crippen molar-refractivity contribution in [3.63, 3.8) is 0 Å². The summed E-state index contributed by atoms with van der Waals surface area (Å²) in [6.07, 6.45) is 1.39. The molecule has 0 radical (unpaired) electrons. The third-order valence-electron chi connectivity index (χ3n) is 2.15. The van der Waals surface area contributed by atoms with Gasteiger partial charge in [0.05, 0.1) is 11.8 Å². The molecule has 1 aromatic heterocycles. The lowest BCUT2D eigenvalue weighted by molar-refractivity contribution is 0.0696. The number of furan rings is 1. The Morgan fingerprint density at radius 2 is 2.06 bits per heavy atom. The number of hydrogen-bond donors (Lipinski definition) is 2. The Hall–Kier alpha value is -2.08. The molecular weight excluding hydrogens is 302 g/mol. The molecule has 2 N–H and O–H groups in total. The second-order valence-corrected chi connectivity index (χ2v) is 4.38. The third-order valence-corrected chi connectivity index (χ3v) is 2.61. The average molecular weight is 310 g/mol. The van der Waals surface area contributed by atoms with E-state index in [9.17, 15) is 9.59 Å². The van der Waals surface area contributed by atoms with Gasteiger partial charge in [-0.05, 0) is 30.3 Å². The van der Waals surface area contributed by atoms with Crippen molar-refractivity contribution in [2.75, 3.05) is 5.32 Å². The van der Waals surface area contributed by atoms with E-state index in [-0.39, 0.29) is 11.3 Å². The monoisotopic (exact) mass is 309 g/mol. The molecule has 0 fully saturated rings. The second-order valence-electron chi connectivity index (χ2n) is 3.47. The van der Waals surface area contributed by atoms with E-state index >= 15 is 0 Å². The van der Waals surface area contributed by atoms with Gasteiger partial charge in [-0.15, -0.1) is 0 Å². The average Bonchev–Trinajstić information content (AvgIpc) is 2.81. The number of benzene rings is 1. The van der Waals surface area contributed by atoms with Crippen LogP contribution in [0.4, 0.5) is 5.69 Å². The number of halogens is 1. The van der Waals surface area contributed by atoms with E-state index in [0.29, 0.717) is 10.2 Å². The van der Waals surface area contributed by atoms with Gasteiger partial charge in [0.2, 0.25) is 0 Å². The van der Waals surface area contributed by atoms with Gasteiger partial charge in [-0.25, -0.2) is 4.79 Å². The van der Waals surface area contributed by atoms with E-state index in [4.69, 9.17) is 9.52 Å². The topological polar surface area (TPSA) is 79.5 Å². The summed E-state index contributed by atoms with van der Waals surface area (Å²) < 4.78 is 5.50. The molecule has 92 valence electrons. The lowest BCUT2D eigenvalue weighted by Crippen LogP contribution is -2.11. The number of carbonyl (C=O) groups excluding carboxylic acids is 1. The quantitative estimate of drug-likeness (QED) is 0.913. The lowest BCUT2D eigenvalue weighted by atomic mass is 10.2. The number of carboxylic acids is 1. The largest absolute Gasteiger partial charge is 0.478 e. The molecule has 0 unspecified atom stereocenters. The zero-order valence-electron chi connectivity index (χ0n) is 9.01. The van der Waals surface area contributed by atoms with Crippen LogP contribution in [0.5, 0.6) is 0 Å². The van der Waals surface area contributed by atoms with Gasteiger partial charge in [0.25, 0.3) is 5.91 Å². The summed E-state index contributed by atoms with van der Waals surface area (Å²) in [6.45, 7) is 0. The van der Waals surface area contributed by atoms with Crippen LogP contribution in [0.3, 0.4) is 0 Å². The van der Waals surface area contributed by atoms with Gasteiger partial charge in [-0.3, -0.25) is 4.79 Å². The van der Waals surface area contributed by atoms with E-state index in [2.05, 4.69) is 21.2 Å². The van der Waals surface area contributed by atoms with Crippen LogP contribution in [0.25, 0.3) is 0 Å². The van der Waals surface area contributed by atoms with Gasteiger partial charge in [-0.1, -0.05) is 15.9 Å². The maximum absolute atomic E-state index is 11.7. The van der Waals surface area contributed by atoms with Gasteiger partial charge in [-0.2, -0.15) is 0 Å². The van der Waals surface area contributed by atoms with Crippen LogP contribution >= 0.6 is 15.9 Å². The number of anilines is 1. The van der Waals surface area contributed by atoms with Crippen LogP contribution in [0, 0.1) is 0 Å². The van der Waals surface area contributed by atoms with Crippen LogP contribution < -0.4 is 5.32 Å². The van der Waals surface area contributed by atoms with Gasteiger partial charge >= 0.3 is 5.97 Å². The molecule has 0 saturated carbocycles. The Morgan fingerprint density at radius 1 is 1.28 bits per heavy atom. The summed E-state index contributed by atoms with van der Waals surface area (Å²) >= 11 is 3.18. The van der Waals surface area contributed by atoms with E-state index < -0.39 is 11.9 Å². The van der Waals surface area contributed by atoms with Crippen LogP contribution in [-0.2, 0) is 0 Å². The maximum atomic E-state index is 11.7. The SMILES string of the molecule is O=C(O)c1cc(Br)cc(NC(=O)c2ccco2)c1. The number of aromatic carboxylic acids is 1. The first-order valence-corrected chi connectivity index (χ1v) is 5.74. The van der Waals surface area contributed by atoms with Crippen LogP contribution in [0.15, 0.2) is 45.5 Å². The molecule has 18 heavy (non-hydrogen) atoms. The standard InChI is InChI=1S/C12H8BrNO4/c13-8-4-7(12(16)17)5-9(6-8)14-11(15)10-2-1-3-18-10/h1-6H,(H,14,15)(H,16,17). The summed E-state index contributed by atoms with van der Waals surface area (Å²) in [7, 11) is 0. The molecule has 1 amide bonds. The van der Waals surface area contributed by atoms with Gasteiger partial charge in [0.1, 0.15) is 0 Å². The van der Waals surface area contributed by atoms with Crippen molar-refractivity contribution in [3.8, 4) is 0 Å². The molecule has 5 nitrogen and oxygen atoms in total. The van der Waals surface area contributed by atoms with E-state index in [1.807, 2.05) is 0 Å². The number of carboxylic acid groups (broad SMARTS) is 1. The minimum absolute atomic E-state index is 0.0825. The van der Waals surface area contributed by atoms with Crippen molar-refractivity contribution in [2.45, 2.75) is 0 Å². The summed E-state index contributed by atoms with van der Waals surface area (Å²) in [5, 5.41) is 11.5. The summed E-state index contributed by atoms with van der Waals surface area (Å²) in [4.78, 5) is 22.6. The van der Waals surface area contributed by atoms with E-state index in [1.165, 1.54) is 24.5 Å². The van der Waals surface area contributed by atoms with Crippen molar-refractivity contribution in [1.82, 2.24) is 0 Å². The number of carbonyl (C=O) groups is 2. The first-order valence-electron chi connectivity index (χ1n) is 4.95. The van der Waals surface area contributed by atoms with Crippen molar-refractivity contribution >= 4 is 33.5 Å². The Kier molecular flexibility index (Phi) is 3.47. The zero-order chi connectivity index (χ0) is 13.1. The minimum Gasteiger partial charge on any atom is -0.478 e. The van der Waals surface area contributed by atoms with Crippen LogP contribution in [-0.4, -0.2) is 17.0 Å². The highest BCUT2D eigenvalue weighted by molar-refractivity contribution is 9.10. The molecule has 1 heterocycles. The lowest BCUT2D eigenvalue weighted by Gasteiger charge is -2.05. The van der Waals surface area contributed by atoms with Crippen molar-refractivity contribution < 1.29 is 19.1 Å². The highest BCUT2D eigenvalue weighted by Crippen LogP contribution is 2.20. The normalized spacial score (nSPS) is 10.1. The van der Waals surface area contributed by atoms with Gasteiger partial charge < -0.3 is 14.8 Å². The van der Waals surface area contributed by atoms with Crippen molar-refractivity contribution in [3.05, 3.63) is 52.4 Å². The van der Waals surface area contributed by atoms with E-state index in [1.54, 1.807) is 12.1 Å². The molecule has 0 bridgehead atoms. The summed E-state index contributed by atoms with van der Waals surface area (Å²) in [6, 6.07) is 7.54. The summed E-state index contributed by atoms with van der Waals surface area (Å²) in [5.41, 5.74) is 0.460. The number of hydrogen-bond acceptors (Lipinski definition) is 3. The van der Waals surface area contributed by atoms with Crippen LogP contribution in [0.2, 0.25) is 0 Å². The summed E-state index contributed by atoms with van der Waals surface area (Å²) in [5.74, 6) is -1.34. The smallest absolute Gasteiger partial charge is 0.335 e. The predicted octanol–water partition coefficient (Wildman–Crippen LogP) is 2.99. The Morgan fingerprint density at radius 3 is 2.67 bits per heavy atom. The predicted molar refractivity (Wildman–Crippen MR) is 67.8 cm³/mol. The number of amides is 1. The van der Waals surface area contributed by atoms with Gasteiger partial charge in [0.15, 0.2) is 5.76 Å². The fraction of sp³-hybridized carbons (Fsp3) is 0. The molecular formula is C12H8BrNO4. The van der Waals surface area contributed by atoms with Crippen molar-refractivity contribution in [1.29, 1.82) is 0 Å². The molecule has 2 rings (SSSR count). The fourth-order valence-electron chi connectivity index (χ4n) is 1.39. The Bertz CT molecular complexity index is 592. The number of rotatable bonds is 3. The minimum atomic E-state index is -1.07. The third kappa shape index (κ3) is 2.78. The molecule has 2 aromatic rings. The molecule has 0 atom stereocenters. The second kappa shape index (κ2) is 5.05. The number of nitrogens with one attached hydrogen (secondary N) is 1. The molecule has 1 aromatic carbocycles. The molecule has 0 spiro atoms. The molecule has 0 aliphatic rings. The highest BCUT2D eigenvalue weighted by Gasteiger charge is 2.11. The Balaban J connectivity index is 2.24. The van der Waals surface area contributed by atoms with Crippen LogP contribution in [0.1, 0.15) is 20.9 Å². The first-order chi connectivity index (χ1) is 8.56. The maximum Gasteiger partial charge on any atom is 0.335 e. The fourth-order valence-corrected chi connectivity index (χ4v) is 1.88. The molecule has 0 aliphatic heterocycles. The highest BCUT2D eigenvalue weighted by atomic mass is 79.9.